The van der Waals surface area contributed by atoms with Crippen molar-refractivity contribution in [1.82, 2.24) is 4.31 Å². The number of likely N-dealkylation sites (N-methyl/N-ethyl adjacent to an activating group) is 1. The summed E-state index contributed by atoms with van der Waals surface area (Å²) in [7, 11) is -2.73. The fourth-order valence-corrected chi connectivity index (χ4v) is 2.77. The fraction of sp³-hybridized carbons (Fsp3) is 0.231. The van der Waals surface area contributed by atoms with Gasteiger partial charge in [-0.1, -0.05) is 23.8 Å². The zero-order valence-corrected chi connectivity index (χ0v) is 11.9. The van der Waals surface area contributed by atoms with Crippen LogP contribution in [0.15, 0.2) is 40.4 Å². The molecule has 1 N–H and O–H groups in total. The van der Waals surface area contributed by atoms with Crippen LogP contribution in [0.25, 0.3) is 0 Å². The van der Waals surface area contributed by atoms with Crippen LogP contribution in [0.2, 0.25) is 0 Å². The third-order valence-corrected chi connectivity index (χ3v) is 4.23. The van der Waals surface area contributed by atoms with Crippen molar-refractivity contribution in [2.45, 2.75) is 6.92 Å². The molecule has 106 valence electrons. The van der Waals surface area contributed by atoms with E-state index >= 15 is 0 Å². The summed E-state index contributed by atoms with van der Waals surface area (Å²) in [5, 5.41) is 8.92. The molecule has 20 heavy (non-hydrogen) atoms. The lowest BCUT2D eigenvalue weighted by molar-refractivity contribution is -0.119. The van der Waals surface area contributed by atoms with E-state index in [1.807, 2.05) is 13.0 Å². The Kier molecular flexibility index (Phi) is 3.74. The van der Waals surface area contributed by atoms with E-state index in [1.54, 1.807) is 18.2 Å². The standard InChI is InChI=1S/C13H14N2O4S/c1-9-4-3-5-10(6-9)11-7-12(13(17)8-16)15(2)20(18,19)14-11/h3-7,16H,8H2,1-2H3. The first-order valence-electron chi connectivity index (χ1n) is 5.87. The van der Waals surface area contributed by atoms with Crippen molar-refractivity contribution < 1.29 is 18.3 Å². The van der Waals surface area contributed by atoms with Crippen LogP contribution in [0.5, 0.6) is 0 Å². The highest BCUT2D eigenvalue weighted by atomic mass is 32.2. The van der Waals surface area contributed by atoms with E-state index in [4.69, 9.17) is 5.11 Å². The molecule has 1 heterocycles. The summed E-state index contributed by atoms with van der Waals surface area (Å²) < 4.78 is 28.3. The second-order valence-electron chi connectivity index (χ2n) is 4.40. The summed E-state index contributed by atoms with van der Waals surface area (Å²) in [4.78, 5) is 11.6. The number of aryl methyl sites for hydroxylation is 1. The van der Waals surface area contributed by atoms with E-state index in [2.05, 4.69) is 4.40 Å². The van der Waals surface area contributed by atoms with Gasteiger partial charge in [-0.05, 0) is 19.1 Å². The number of hydrogen-bond acceptors (Lipinski definition) is 4. The molecule has 6 nitrogen and oxygen atoms in total. The van der Waals surface area contributed by atoms with E-state index in [-0.39, 0.29) is 11.4 Å². The number of ketones is 1. The lowest BCUT2D eigenvalue weighted by Crippen LogP contribution is -2.34. The van der Waals surface area contributed by atoms with Gasteiger partial charge in [0, 0.05) is 12.6 Å². The molecule has 0 saturated carbocycles. The Morgan fingerprint density at radius 2 is 2.10 bits per heavy atom. The van der Waals surface area contributed by atoms with Crippen LogP contribution in [0.3, 0.4) is 0 Å². The average molecular weight is 294 g/mol. The minimum atomic E-state index is -3.95. The van der Waals surface area contributed by atoms with Crippen LogP contribution in [-0.4, -0.2) is 43.0 Å². The summed E-state index contributed by atoms with van der Waals surface area (Å²) in [6.45, 7) is 1.11. The molecule has 2 rings (SSSR count). The Morgan fingerprint density at radius 1 is 1.40 bits per heavy atom. The highest BCUT2D eigenvalue weighted by molar-refractivity contribution is 7.88. The number of hydrogen-bond donors (Lipinski definition) is 1. The number of allylic oxidation sites excluding steroid dienone is 1. The van der Waals surface area contributed by atoms with E-state index in [0.29, 0.717) is 5.56 Å². The predicted molar refractivity (Wildman–Crippen MR) is 74.6 cm³/mol. The zero-order valence-electron chi connectivity index (χ0n) is 11.1. The minimum Gasteiger partial charge on any atom is -0.388 e. The summed E-state index contributed by atoms with van der Waals surface area (Å²) in [5.74, 6) is -0.670. The number of carbonyl (C=O) groups excluding carboxylic acids is 1. The van der Waals surface area contributed by atoms with Gasteiger partial charge in [-0.3, -0.25) is 9.10 Å². The third-order valence-electron chi connectivity index (χ3n) is 2.92. The monoisotopic (exact) mass is 294 g/mol. The molecule has 0 atom stereocenters. The Balaban J connectivity index is 2.58. The van der Waals surface area contributed by atoms with Crippen molar-refractivity contribution in [3.63, 3.8) is 0 Å². The molecular weight excluding hydrogens is 280 g/mol. The fourth-order valence-electron chi connectivity index (χ4n) is 1.83. The first-order valence-corrected chi connectivity index (χ1v) is 7.26. The van der Waals surface area contributed by atoms with Gasteiger partial charge >= 0.3 is 10.2 Å². The lowest BCUT2D eigenvalue weighted by atomic mass is 10.1. The van der Waals surface area contributed by atoms with Gasteiger partial charge in [-0.2, -0.15) is 8.42 Å². The molecule has 1 aromatic rings. The van der Waals surface area contributed by atoms with Gasteiger partial charge in [-0.15, -0.1) is 4.40 Å². The lowest BCUT2D eigenvalue weighted by Gasteiger charge is -2.23. The largest absolute Gasteiger partial charge is 0.388 e. The second-order valence-corrected chi connectivity index (χ2v) is 6.03. The Hall–Kier alpha value is -1.99. The molecule has 0 aliphatic carbocycles. The predicted octanol–water partition coefficient (Wildman–Crippen LogP) is 0.420. The highest BCUT2D eigenvalue weighted by Crippen LogP contribution is 2.20. The molecule has 0 bridgehead atoms. The van der Waals surface area contributed by atoms with Crippen molar-refractivity contribution in [3.8, 4) is 0 Å². The summed E-state index contributed by atoms with van der Waals surface area (Å²) in [6.07, 6.45) is 1.37. The van der Waals surface area contributed by atoms with Crippen molar-refractivity contribution in [2.24, 2.45) is 4.40 Å². The van der Waals surface area contributed by atoms with Crippen LogP contribution in [0.4, 0.5) is 0 Å². The molecule has 0 spiro atoms. The average Bonchev–Trinajstić information content (AvgIpc) is 2.40. The van der Waals surface area contributed by atoms with Gasteiger partial charge in [0.1, 0.15) is 12.3 Å². The van der Waals surface area contributed by atoms with Gasteiger partial charge in [0.15, 0.2) is 0 Å². The maximum Gasteiger partial charge on any atom is 0.345 e. The first kappa shape index (κ1) is 14.4. The van der Waals surface area contributed by atoms with Gasteiger partial charge < -0.3 is 5.11 Å². The summed E-state index contributed by atoms with van der Waals surface area (Å²) in [6, 6.07) is 7.14. The number of carbonyl (C=O) groups is 1. The molecule has 1 aromatic carbocycles. The molecule has 0 saturated heterocycles. The van der Waals surface area contributed by atoms with Crippen molar-refractivity contribution >= 4 is 21.7 Å². The topological polar surface area (TPSA) is 87.0 Å². The normalized spacial score (nSPS) is 17.4. The maximum atomic E-state index is 11.9. The molecule has 0 aromatic heterocycles. The summed E-state index contributed by atoms with van der Waals surface area (Å²) >= 11 is 0. The SMILES string of the molecule is Cc1cccc(C2=NS(=O)(=O)N(C)C(C(=O)CO)=C2)c1. The Labute approximate surface area is 117 Å². The number of rotatable bonds is 3. The third kappa shape index (κ3) is 2.63. The molecule has 0 amide bonds. The zero-order chi connectivity index (χ0) is 14.9. The first-order chi connectivity index (χ1) is 9.35. The van der Waals surface area contributed by atoms with Crippen LogP contribution in [0.1, 0.15) is 11.1 Å². The van der Waals surface area contributed by atoms with E-state index < -0.39 is 22.6 Å². The molecule has 0 fully saturated rings. The highest BCUT2D eigenvalue weighted by Gasteiger charge is 2.29. The molecular formula is C13H14N2O4S. The molecule has 1 aliphatic rings. The molecule has 1 aliphatic heterocycles. The van der Waals surface area contributed by atoms with E-state index in [1.165, 1.54) is 13.1 Å². The van der Waals surface area contributed by atoms with Crippen LogP contribution in [-0.2, 0) is 15.0 Å². The smallest absolute Gasteiger partial charge is 0.345 e. The van der Waals surface area contributed by atoms with Gasteiger partial charge in [-0.25, -0.2) is 0 Å². The Morgan fingerprint density at radius 3 is 2.70 bits per heavy atom. The quantitative estimate of drug-likeness (QED) is 0.875. The van der Waals surface area contributed by atoms with E-state index in [9.17, 15) is 13.2 Å². The van der Waals surface area contributed by atoms with Gasteiger partial charge in [0.05, 0.1) is 5.71 Å². The minimum absolute atomic E-state index is 0.0981. The van der Waals surface area contributed by atoms with Gasteiger partial charge in [0.25, 0.3) is 0 Å². The van der Waals surface area contributed by atoms with Crippen LogP contribution in [0, 0.1) is 6.92 Å². The van der Waals surface area contributed by atoms with Crippen molar-refractivity contribution in [2.75, 3.05) is 13.7 Å². The maximum absolute atomic E-state index is 11.9. The van der Waals surface area contributed by atoms with E-state index in [0.717, 1.165) is 9.87 Å². The number of aliphatic hydroxyl groups excluding tert-OH is 1. The van der Waals surface area contributed by atoms with Crippen LogP contribution < -0.4 is 0 Å². The molecule has 0 unspecified atom stereocenters. The summed E-state index contributed by atoms with van der Waals surface area (Å²) in [5.41, 5.74) is 1.64. The number of nitrogens with zero attached hydrogens (tertiary/aromatic N) is 2. The van der Waals surface area contributed by atoms with Crippen LogP contribution >= 0.6 is 0 Å². The number of benzene rings is 1. The van der Waals surface area contributed by atoms with Crippen molar-refractivity contribution in [1.29, 1.82) is 0 Å². The Bertz CT molecular complexity index is 720. The van der Waals surface area contributed by atoms with Crippen molar-refractivity contribution in [3.05, 3.63) is 47.2 Å². The second kappa shape index (κ2) is 5.18. The van der Waals surface area contributed by atoms with Gasteiger partial charge in [0.2, 0.25) is 5.78 Å². The molecule has 7 heteroatoms. The number of Topliss-reactive ketones (excluding diaryl/α,β-unsaturated/α-hetero) is 1. The number of aliphatic hydroxyl groups is 1. The molecule has 0 radical (unpaired) electrons.